The van der Waals surface area contributed by atoms with Crippen molar-refractivity contribution in [2.24, 2.45) is 0 Å². The maximum Gasteiger partial charge on any atom is 0.416 e. The second kappa shape index (κ2) is 20.6. The van der Waals surface area contributed by atoms with Gasteiger partial charge in [-0.1, -0.05) is 24.3 Å². The third kappa shape index (κ3) is 15.2. The third-order valence-electron chi connectivity index (χ3n) is 9.90. The number of carbonyl (C=O) groups excluding carboxylic acids is 1. The van der Waals surface area contributed by atoms with Crippen LogP contribution in [0, 0.1) is 6.92 Å². The number of aliphatic carboxylic acids is 2. The number of halogens is 6. The summed E-state index contributed by atoms with van der Waals surface area (Å²) in [6.07, 6.45) is -7.55. The topological polar surface area (TPSA) is 172 Å². The smallest absolute Gasteiger partial charge is 0.416 e. The second-order valence-electron chi connectivity index (χ2n) is 16.7. The molecule has 1 amide bonds. The van der Waals surface area contributed by atoms with Gasteiger partial charge in [-0.3, -0.25) is 14.4 Å². The molecule has 5 rings (SSSR count). The van der Waals surface area contributed by atoms with Crippen LogP contribution >= 0.6 is 0 Å². The number of nitrogens with zero attached hydrogens (tertiary/aromatic N) is 4. The maximum atomic E-state index is 14.0. The Morgan fingerprint density at radius 2 is 1.32 bits per heavy atom. The molecule has 13 nitrogen and oxygen atoms in total. The predicted octanol–water partition coefficient (Wildman–Crippen LogP) is 7.04. The van der Waals surface area contributed by atoms with E-state index in [0.29, 0.717) is 35.6 Å². The molecule has 0 aliphatic carbocycles. The Balaban J connectivity index is 0.000000696. The summed E-state index contributed by atoms with van der Waals surface area (Å²) in [6.45, 7) is 18.8. The summed E-state index contributed by atoms with van der Waals surface area (Å²) in [5.74, 6) is -1.92. The highest BCUT2D eigenvalue weighted by Gasteiger charge is 2.42. The number of carboxylic acid groups (broad SMARTS) is 2. The van der Waals surface area contributed by atoms with E-state index in [-0.39, 0.29) is 24.8 Å². The Bertz CT molecular complexity index is 2100. The zero-order valence-electron chi connectivity index (χ0n) is 36.8. The lowest BCUT2D eigenvalue weighted by Gasteiger charge is -2.47. The van der Waals surface area contributed by atoms with Crippen molar-refractivity contribution >= 4 is 39.4 Å². The summed E-state index contributed by atoms with van der Waals surface area (Å²) < 4.78 is 108. The number of sulfonamides is 1. The number of pyridine rings is 1. The number of anilines is 2. The van der Waals surface area contributed by atoms with Crippen LogP contribution < -0.4 is 20.4 Å². The Hall–Kier alpha value is -4.79. The molecular weight excluding hydrogens is 847 g/mol. The van der Waals surface area contributed by atoms with Crippen molar-refractivity contribution in [1.29, 1.82) is 0 Å². The second-order valence-corrected chi connectivity index (χ2v) is 18.7. The van der Waals surface area contributed by atoms with Gasteiger partial charge in [0, 0.05) is 76.8 Å². The molecule has 346 valence electrons. The van der Waals surface area contributed by atoms with Gasteiger partial charge >= 0.3 is 12.4 Å². The molecule has 2 aromatic carbocycles. The van der Waals surface area contributed by atoms with Crippen LogP contribution in [0.15, 0.2) is 54.7 Å². The molecule has 0 radical (unpaired) electrons. The van der Waals surface area contributed by atoms with E-state index in [2.05, 4.69) is 29.5 Å². The van der Waals surface area contributed by atoms with Crippen molar-refractivity contribution in [1.82, 2.24) is 19.9 Å². The molecule has 0 saturated carbocycles. The first-order chi connectivity index (χ1) is 28.1. The number of alkyl halides is 6. The van der Waals surface area contributed by atoms with E-state index in [1.165, 1.54) is 36.3 Å². The minimum atomic E-state index is -5.07. The van der Waals surface area contributed by atoms with Gasteiger partial charge < -0.3 is 30.6 Å². The van der Waals surface area contributed by atoms with Crippen LogP contribution in [0.4, 0.5) is 37.8 Å². The number of carboxylic acids is 2. The molecule has 2 saturated heterocycles. The Labute approximate surface area is 359 Å². The van der Waals surface area contributed by atoms with Gasteiger partial charge in [0.15, 0.2) is 0 Å². The molecular formula is C42H58F6N6O7S. The summed E-state index contributed by atoms with van der Waals surface area (Å²) >= 11 is 0. The van der Waals surface area contributed by atoms with E-state index in [1.807, 2.05) is 43.9 Å². The number of hydrogen-bond donors (Lipinski definition) is 4. The Kier molecular flexibility index (Phi) is 17.7. The number of carbonyl (C=O) groups is 3. The quantitative estimate of drug-likeness (QED) is 0.187. The van der Waals surface area contributed by atoms with Crippen LogP contribution in [0.2, 0.25) is 0 Å². The summed E-state index contributed by atoms with van der Waals surface area (Å²) in [6, 6.07) is 10.3. The highest BCUT2D eigenvalue weighted by Crippen LogP contribution is 2.42. The largest absolute Gasteiger partial charge is 0.481 e. The molecule has 62 heavy (non-hydrogen) atoms. The number of rotatable bonds is 6. The van der Waals surface area contributed by atoms with Crippen LogP contribution in [0.3, 0.4) is 0 Å². The highest BCUT2D eigenvalue weighted by molar-refractivity contribution is 7.88. The minimum Gasteiger partial charge on any atom is -0.481 e. The molecule has 2 aliphatic heterocycles. The average Bonchev–Trinajstić information content (AvgIpc) is 3.12. The van der Waals surface area contributed by atoms with Gasteiger partial charge in [0.25, 0.3) is 11.9 Å². The summed E-state index contributed by atoms with van der Waals surface area (Å²) in [7, 11) is -2.03. The van der Waals surface area contributed by atoms with Crippen LogP contribution in [0.25, 0.3) is 11.1 Å². The standard InChI is InChI=1S/C32H36F6N4O3S.C6H14N2.2C2H4O2/c1-20-10-8-9-11-24(20)25-17-27(42-13-12-41(46(7,44)45)19-29(42,2)3)39-18-26(25)40(6)28(43)30(4,5)21-14-22(31(33,34)35)16-23(15-21)32(36,37)38;1-6(2)5-7-3-4-8-6;2*1-2(3)4/h8-11,14-18H,12-13,19H2,1-7H3;7-8H,3-5H2,1-2H3;2*1H3,(H,3,4). The number of aryl methyl sites for hydroxylation is 1. The first-order valence-corrected chi connectivity index (χ1v) is 21.2. The third-order valence-corrected chi connectivity index (χ3v) is 11.1. The Morgan fingerprint density at radius 1 is 0.823 bits per heavy atom. The maximum absolute atomic E-state index is 14.0. The van der Waals surface area contributed by atoms with Gasteiger partial charge in [0.2, 0.25) is 15.9 Å². The van der Waals surface area contributed by atoms with Crippen LogP contribution in [-0.4, -0.2) is 109 Å². The molecule has 3 heterocycles. The van der Waals surface area contributed by atoms with Gasteiger partial charge in [0.1, 0.15) is 5.82 Å². The lowest BCUT2D eigenvalue weighted by Crippen LogP contribution is -2.60. The van der Waals surface area contributed by atoms with E-state index in [9.17, 15) is 39.6 Å². The summed E-state index contributed by atoms with van der Waals surface area (Å²) in [4.78, 5) is 39.8. The lowest BCUT2D eigenvalue weighted by atomic mass is 9.81. The van der Waals surface area contributed by atoms with E-state index in [4.69, 9.17) is 19.8 Å². The molecule has 2 aliphatic rings. The summed E-state index contributed by atoms with van der Waals surface area (Å²) in [5, 5.41) is 21.5. The molecule has 20 heteroatoms. The number of benzene rings is 2. The van der Waals surface area contributed by atoms with Crippen molar-refractivity contribution < 1.29 is 59.4 Å². The normalized spacial score (nSPS) is 16.6. The van der Waals surface area contributed by atoms with E-state index in [1.54, 1.807) is 12.1 Å². The molecule has 4 N–H and O–H groups in total. The Morgan fingerprint density at radius 3 is 1.73 bits per heavy atom. The van der Waals surface area contributed by atoms with Crippen LogP contribution in [-0.2, 0) is 42.2 Å². The zero-order chi connectivity index (χ0) is 47.8. The van der Waals surface area contributed by atoms with Crippen molar-refractivity contribution in [3.8, 4) is 11.1 Å². The summed E-state index contributed by atoms with van der Waals surface area (Å²) in [5.41, 5.74) is -3.22. The van der Waals surface area contributed by atoms with Gasteiger partial charge in [-0.05, 0) is 89.4 Å². The fourth-order valence-corrected chi connectivity index (χ4v) is 7.65. The van der Waals surface area contributed by atoms with Crippen LogP contribution in [0.1, 0.15) is 77.6 Å². The molecule has 0 spiro atoms. The molecule has 0 bridgehead atoms. The number of hydrogen-bond acceptors (Lipinski definition) is 9. The zero-order valence-corrected chi connectivity index (χ0v) is 37.7. The van der Waals surface area contributed by atoms with Gasteiger partial charge in [-0.15, -0.1) is 0 Å². The first-order valence-electron chi connectivity index (χ1n) is 19.3. The van der Waals surface area contributed by atoms with Crippen molar-refractivity contribution in [2.75, 3.05) is 62.4 Å². The lowest BCUT2D eigenvalue weighted by molar-refractivity contribution is -0.143. The molecule has 3 aromatic rings. The van der Waals surface area contributed by atoms with E-state index >= 15 is 0 Å². The first kappa shape index (κ1) is 53.3. The number of amides is 1. The number of piperazine rings is 2. The number of nitrogens with one attached hydrogen (secondary N) is 2. The number of aromatic nitrogens is 1. The SMILES string of the molecule is CC(=O)O.CC(=O)O.CC1(C)CNCCN1.Cc1ccccc1-c1cc(N2CCN(S(C)(=O)=O)CC2(C)C)ncc1N(C)C(=O)C(C)(C)c1cc(C(F)(F)F)cc(C(F)(F)F)c1. The highest BCUT2D eigenvalue weighted by atomic mass is 32.2. The number of likely N-dealkylation sites (N-methyl/N-ethyl adjacent to an activating group) is 1. The van der Waals surface area contributed by atoms with Crippen molar-refractivity contribution in [3.63, 3.8) is 0 Å². The van der Waals surface area contributed by atoms with Gasteiger partial charge in [-0.2, -0.15) is 30.6 Å². The van der Waals surface area contributed by atoms with E-state index < -0.39 is 67.9 Å². The average molecular weight is 905 g/mol. The fourth-order valence-electron chi connectivity index (χ4n) is 6.68. The van der Waals surface area contributed by atoms with Crippen molar-refractivity contribution in [3.05, 3.63) is 77.0 Å². The van der Waals surface area contributed by atoms with Gasteiger partial charge in [0.05, 0.1) is 34.7 Å². The minimum absolute atomic E-state index is 0.0317. The molecule has 1 aromatic heterocycles. The van der Waals surface area contributed by atoms with E-state index in [0.717, 1.165) is 50.9 Å². The monoisotopic (exact) mass is 904 g/mol. The molecule has 0 unspecified atom stereocenters. The molecule has 0 atom stereocenters. The molecule has 2 fully saturated rings. The fraction of sp³-hybridized carbons (Fsp3) is 0.524. The van der Waals surface area contributed by atoms with Gasteiger partial charge in [-0.25, -0.2) is 13.4 Å². The van der Waals surface area contributed by atoms with Crippen LogP contribution in [0.5, 0.6) is 0 Å². The van der Waals surface area contributed by atoms with Crippen molar-refractivity contribution in [2.45, 2.75) is 91.2 Å². The predicted molar refractivity (Wildman–Crippen MR) is 227 cm³/mol.